The maximum absolute atomic E-state index is 11.8. The van der Waals surface area contributed by atoms with Gasteiger partial charge >= 0.3 is 5.97 Å². The first-order chi connectivity index (χ1) is 13.6. The number of amidine groups is 1. The van der Waals surface area contributed by atoms with Gasteiger partial charge in [-0.2, -0.15) is 5.10 Å². The number of benzene rings is 2. The molecule has 0 spiro atoms. The fourth-order valence-corrected chi connectivity index (χ4v) is 3.19. The number of thioether (sulfide) groups is 1. The van der Waals surface area contributed by atoms with Crippen LogP contribution in [0.5, 0.6) is 5.75 Å². The molecule has 1 fully saturated rings. The van der Waals surface area contributed by atoms with E-state index in [2.05, 4.69) is 20.3 Å². The van der Waals surface area contributed by atoms with Crippen LogP contribution in [0.2, 0.25) is 0 Å². The van der Waals surface area contributed by atoms with Gasteiger partial charge in [0.15, 0.2) is 5.17 Å². The van der Waals surface area contributed by atoms with Gasteiger partial charge in [0.1, 0.15) is 5.75 Å². The van der Waals surface area contributed by atoms with E-state index in [1.54, 1.807) is 13.3 Å². The molecular formula is C20H17N3O4S. The highest BCUT2D eigenvalue weighted by atomic mass is 32.2. The summed E-state index contributed by atoms with van der Waals surface area (Å²) in [6.45, 7) is 0. The number of ether oxygens (including phenoxy) is 2. The molecule has 0 aromatic heterocycles. The summed E-state index contributed by atoms with van der Waals surface area (Å²) in [6.07, 6.45) is 2.72. The second-order valence-electron chi connectivity index (χ2n) is 5.56. The first-order valence-electron chi connectivity index (χ1n) is 8.24. The molecule has 8 heteroatoms. The summed E-state index contributed by atoms with van der Waals surface area (Å²) < 4.78 is 9.80. The molecule has 1 amide bonds. The van der Waals surface area contributed by atoms with Crippen LogP contribution in [0.4, 0.5) is 0 Å². The second-order valence-corrected chi connectivity index (χ2v) is 6.59. The molecule has 1 aliphatic rings. The van der Waals surface area contributed by atoms with E-state index in [-0.39, 0.29) is 10.1 Å². The number of carbonyl (C=O) groups excluding carboxylic acids is 2. The van der Waals surface area contributed by atoms with E-state index in [1.165, 1.54) is 7.11 Å². The molecule has 3 rings (SSSR count). The zero-order chi connectivity index (χ0) is 19.9. The van der Waals surface area contributed by atoms with Crippen LogP contribution < -0.4 is 10.1 Å². The number of methoxy groups -OCH3 is 2. The Kier molecular flexibility index (Phi) is 6.23. The van der Waals surface area contributed by atoms with Crippen molar-refractivity contribution in [1.82, 2.24) is 5.32 Å². The van der Waals surface area contributed by atoms with Gasteiger partial charge < -0.3 is 9.47 Å². The first kappa shape index (κ1) is 19.4. The van der Waals surface area contributed by atoms with Gasteiger partial charge in [-0.1, -0.05) is 36.4 Å². The van der Waals surface area contributed by atoms with Crippen molar-refractivity contribution in [2.24, 2.45) is 10.2 Å². The first-order valence-corrected chi connectivity index (χ1v) is 9.05. The molecule has 0 radical (unpaired) electrons. The van der Waals surface area contributed by atoms with E-state index in [0.29, 0.717) is 0 Å². The van der Waals surface area contributed by atoms with Crippen LogP contribution in [0, 0.1) is 0 Å². The molecule has 7 nitrogen and oxygen atoms in total. The SMILES string of the molecule is COC(=O)/C=C1/S/C(=N\N=Cc2ccccc2-c2cccc(OC)c2)NC1=O. The number of esters is 1. The van der Waals surface area contributed by atoms with E-state index < -0.39 is 11.9 Å². The lowest BCUT2D eigenvalue weighted by Gasteiger charge is -2.07. The third-order valence-electron chi connectivity index (χ3n) is 3.79. The van der Waals surface area contributed by atoms with Crippen LogP contribution >= 0.6 is 11.8 Å². The standard InChI is InChI=1S/C20H17N3O4S/c1-26-15-8-5-7-13(10-15)16-9-4-3-6-14(16)12-21-23-20-22-19(25)17(28-20)11-18(24)27-2/h3-12H,1-2H3,(H,22,23,25)/b17-11+,21-12?. The summed E-state index contributed by atoms with van der Waals surface area (Å²) in [4.78, 5) is 23.3. The zero-order valence-corrected chi connectivity index (χ0v) is 16.0. The van der Waals surface area contributed by atoms with Crippen LogP contribution in [0.3, 0.4) is 0 Å². The molecule has 0 bridgehead atoms. The van der Waals surface area contributed by atoms with E-state index >= 15 is 0 Å². The van der Waals surface area contributed by atoms with Gasteiger partial charge in [0.05, 0.1) is 25.3 Å². The minimum Gasteiger partial charge on any atom is -0.497 e. The fraction of sp³-hybridized carbons (Fsp3) is 0.100. The van der Waals surface area contributed by atoms with Crippen LogP contribution in [0.25, 0.3) is 11.1 Å². The highest BCUT2D eigenvalue weighted by Crippen LogP contribution is 2.26. The highest BCUT2D eigenvalue weighted by Gasteiger charge is 2.25. The minimum atomic E-state index is -0.602. The van der Waals surface area contributed by atoms with Gasteiger partial charge in [0, 0.05) is 11.6 Å². The fourth-order valence-electron chi connectivity index (χ4n) is 2.45. The number of rotatable bonds is 5. The van der Waals surface area contributed by atoms with Crippen molar-refractivity contribution in [2.75, 3.05) is 14.2 Å². The molecular weight excluding hydrogens is 378 g/mol. The molecule has 28 heavy (non-hydrogen) atoms. The van der Waals surface area contributed by atoms with Gasteiger partial charge in [-0.05, 0) is 35.0 Å². The monoisotopic (exact) mass is 395 g/mol. The highest BCUT2D eigenvalue weighted by molar-refractivity contribution is 8.18. The maximum atomic E-state index is 11.8. The molecule has 2 aromatic carbocycles. The summed E-state index contributed by atoms with van der Waals surface area (Å²) in [5, 5.41) is 10.9. The van der Waals surface area contributed by atoms with Gasteiger partial charge in [-0.15, -0.1) is 5.10 Å². The van der Waals surface area contributed by atoms with Crippen molar-refractivity contribution < 1.29 is 19.1 Å². The molecule has 142 valence electrons. The Balaban J connectivity index is 1.80. The summed E-state index contributed by atoms with van der Waals surface area (Å²) >= 11 is 1.02. The summed E-state index contributed by atoms with van der Waals surface area (Å²) in [6, 6.07) is 15.5. The van der Waals surface area contributed by atoms with E-state index in [4.69, 9.17) is 4.74 Å². The number of carbonyl (C=O) groups is 2. The molecule has 1 N–H and O–H groups in total. The largest absolute Gasteiger partial charge is 0.497 e. The molecule has 0 saturated carbocycles. The summed E-state index contributed by atoms with van der Waals surface area (Å²) in [7, 11) is 2.87. The number of amides is 1. The topological polar surface area (TPSA) is 89.3 Å². The molecule has 2 aromatic rings. The van der Waals surface area contributed by atoms with Crippen molar-refractivity contribution in [3.05, 3.63) is 65.1 Å². The van der Waals surface area contributed by atoms with Crippen LogP contribution in [0.15, 0.2) is 69.7 Å². The van der Waals surface area contributed by atoms with E-state index in [0.717, 1.165) is 40.3 Å². The third-order valence-corrected chi connectivity index (χ3v) is 4.69. The predicted octanol–water partition coefficient (Wildman–Crippen LogP) is 2.97. The molecule has 0 aliphatic carbocycles. The number of nitrogens with one attached hydrogen (secondary N) is 1. The van der Waals surface area contributed by atoms with Crippen LogP contribution in [-0.4, -0.2) is 37.5 Å². The van der Waals surface area contributed by atoms with Gasteiger partial charge in [0.2, 0.25) is 0 Å². The van der Waals surface area contributed by atoms with Crippen molar-refractivity contribution >= 4 is 35.0 Å². The van der Waals surface area contributed by atoms with Crippen molar-refractivity contribution in [3.8, 4) is 16.9 Å². The Labute approximate surface area is 166 Å². The second kappa shape index (κ2) is 9.01. The van der Waals surface area contributed by atoms with Crippen molar-refractivity contribution in [3.63, 3.8) is 0 Å². The lowest BCUT2D eigenvalue weighted by atomic mass is 10.0. The Bertz CT molecular complexity index is 998. The summed E-state index contributed by atoms with van der Waals surface area (Å²) in [5.74, 6) is -0.254. The molecule has 1 saturated heterocycles. The molecule has 1 heterocycles. The molecule has 0 atom stereocenters. The number of hydrogen-bond donors (Lipinski definition) is 1. The average molecular weight is 395 g/mol. The lowest BCUT2D eigenvalue weighted by Crippen LogP contribution is -2.19. The van der Waals surface area contributed by atoms with Crippen molar-refractivity contribution in [2.45, 2.75) is 0 Å². The van der Waals surface area contributed by atoms with Gasteiger partial charge in [-0.3, -0.25) is 10.1 Å². The third kappa shape index (κ3) is 4.66. The quantitative estimate of drug-likeness (QED) is 0.364. The summed E-state index contributed by atoms with van der Waals surface area (Å²) in [5.41, 5.74) is 2.82. The van der Waals surface area contributed by atoms with Gasteiger partial charge in [-0.25, -0.2) is 4.79 Å². The molecule has 1 aliphatic heterocycles. The predicted molar refractivity (Wildman–Crippen MR) is 109 cm³/mol. The van der Waals surface area contributed by atoms with Crippen LogP contribution in [0.1, 0.15) is 5.56 Å². The van der Waals surface area contributed by atoms with E-state index in [9.17, 15) is 9.59 Å². The Morgan fingerprint density at radius 1 is 1.14 bits per heavy atom. The van der Waals surface area contributed by atoms with Crippen molar-refractivity contribution in [1.29, 1.82) is 0 Å². The Morgan fingerprint density at radius 3 is 2.75 bits per heavy atom. The number of nitrogens with zero attached hydrogens (tertiary/aromatic N) is 2. The Hall–Kier alpha value is -3.39. The lowest BCUT2D eigenvalue weighted by molar-refractivity contribution is -0.135. The number of hydrogen-bond acceptors (Lipinski definition) is 7. The Morgan fingerprint density at radius 2 is 1.96 bits per heavy atom. The van der Waals surface area contributed by atoms with E-state index in [1.807, 2.05) is 48.5 Å². The van der Waals surface area contributed by atoms with Crippen LogP contribution in [-0.2, 0) is 14.3 Å². The maximum Gasteiger partial charge on any atom is 0.331 e. The normalized spacial score (nSPS) is 16.6. The zero-order valence-electron chi connectivity index (χ0n) is 15.2. The molecule has 0 unspecified atom stereocenters. The smallest absolute Gasteiger partial charge is 0.331 e. The average Bonchev–Trinajstić information content (AvgIpc) is 3.07. The minimum absolute atomic E-state index is 0.206. The van der Waals surface area contributed by atoms with Gasteiger partial charge in [0.25, 0.3) is 5.91 Å².